The minimum atomic E-state index is -0.00991. The maximum absolute atomic E-state index is 5.85. The molecular weight excluding hydrogens is 178 g/mol. The largest absolute Gasteiger partial charge is 0.378 e. The molecule has 0 saturated carbocycles. The summed E-state index contributed by atoms with van der Waals surface area (Å²) in [6.45, 7) is 5.23. The maximum atomic E-state index is 5.85. The van der Waals surface area contributed by atoms with E-state index in [0.717, 1.165) is 39.1 Å². The highest BCUT2D eigenvalue weighted by molar-refractivity contribution is 5.18. The Kier molecular flexibility index (Phi) is 2.91. The van der Waals surface area contributed by atoms with Crippen LogP contribution in [0.25, 0.3) is 0 Å². The molecule has 0 aliphatic carbocycles. The summed E-state index contributed by atoms with van der Waals surface area (Å²) in [5, 5.41) is 0. The van der Waals surface area contributed by atoms with Gasteiger partial charge in [0, 0.05) is 26.0 Å². The second kappa shape index (κ2) is 4.01. The number of hydrogen-bond acceptors (Lipinski definition) is 3. The number of nitrogens with two attached hydrogens (primary N) is 1. The topological polar surface area (TPSA) is 44.5 Å². The third-order valence-electron chi connectivity index (χ3n) is 3.32. The van der Waals surface area contributed by atoms with Crippen LogP contribution in [-0.2, 0) is 9.47 Å². The van der Waals surface area contributed by atoms with Crippen LogP contribution in [0.1, 0.15) is 26.2 Å². The van der Waals surface area contributed by atoms with Gasteiger partial charge in [-0.1, -0.05) is 11.1 Å². The zero-order valence-electron chi connectivity index (χ0n) is 8.84. The molecule has 1 atom stereocenters. The number of ether oxygens (including phenoxy) is 2. The van der Waals surface area contributed by atoms with Gasteiger partial charge < -0.3 is 15.2 Å². The fourth-order valence-corrected chi connectivity index (χ4v) is 2.27. The quantitative estimate of drug-likeness (QED) is 0.643. The van der Waals surface area contributed by atoms with Crippen molar-refractivity contribution in [2.75, 3.05) is 26.4 Å². The molecule has 0 aromatic heterocycles. The van der Waals surface area contributed by atoms with Gasteiger partial charge in [-0.2, -0.15) is 0 Å². The molecule has 2 aliphatic heterocycles. The van der Waals surface area contributed by atoms with Crippen LogP contribution in [0.5, 0.6) is 0 Å². The van der Waals surface area contributed by atoms with Crippen molar-refractivity contribution in [1.82, 2.24) is 0 Å². The van der Waals surface area contributed by atoms with Crippen LogP contribution in [0.15, 0.2) is 11.1 Å². The SMILES string of the molecule is CC(CN)=C1CCOC2(CCOC2)C1. The van der Waals surface area contributed by atoms with Gasteiger partial charge >= 0.3 is 0 Å². The first-order valence-electron chi connectivity index (χ1n) is 5.35. The first-order chi connectivity index (χ1) is 6.76. The summed E-state index contributed by atoms with van der Waals surface area (Å²) in [7, 11) is 0. The summed E-state index contributed by atoms with van der Waals surface area (Å²) >= 11 is 0. The standard InChI is InChI=1S/C11H19NO2/c1-9(7-12)10-2-4-14-11(6-10)3-5-13-8-11/h2-8,12H2,1H3. The molecule has 1 unspecified atom stereocenters. The zero-order chi connectivity index (χ0) is 10.0. The molecule has 1 spiro atoms. The van der Waals surface area contributed by atoms with Crippen LogP contribution in [0.3, 0.4) is 0 Å². The Morgan fingerprint density at radius 1 is 1.50 bits per heavy atom. The highest BCUT2D eigenvalue weighted by Gasteiger charge is 2.39. The van der Waals surface area contributed by atoms with Crippen molar-refractivity contribution in [3.63, 3.8) is 0 Å². The van der Waals surface area contributed by atoms with Crippen molar-refractivity contribution in [2.24, 2.45) is 5.73 Å². The fraction of sp³-hybridized carbons (Fsp3) is 0.818. The van der Waals surface area contributed by atoms with Crippen molar-refractivity contribution >= 4 is 0 Å². The lowest BCUT2D eigenvalue weighted by Crippen LogP contribution is -2.38. The minimum Gasteiger partial charge on any atom is -0.378 e. The summed E-state index contributed by atoms with van der Waals surface area (Å²) in [5.41, 5.74) is 8.47. The molecular formula is C11H19NO2. The van der Waals surface area contributed by atoms with Gasteiger partial charge in [0.2, 0.25) is 0 Å². The lowest BCUT2D eigenvalue weighted by molar-refractivity contribution is -0.0637. The normalized spacial score (nSPS) is 36.4. The van der Waals surface area contributed by atoms with Crippen molar-refractivity contribution in [3.05, 3.63) is 11.1 Å². The molecule has 2 N–H and O–H groups in total. The molecule has 2 aliphatic rings. The van der Waals surface area contributed by atoms with Gasteiger partial charge in [-0.25, -0.2) is 0 Å². The molecule has 0 bridgehead atoms. The van der Waals surface area contributed by atoms with E-state index in [1.54, 1.807) is 0 Å². The Morgan fingerprint density at radius 2 is 2.36 bits per heavy atom. The van der Waals surface area contributed by atoms with E-state index in [1.807, 2.05) is 0 Å². The average molecular weight is 197 g/mol. The first kappa shape index (κ1) is 10.1. The van der Waals surface area contributed by atoms with Crippen LogP contribution < -0.4 is 5.73 Å². The number of rotatable bonds is 1. The van der Waals surface area contributed by atoms with Gasteiger partial charge in [0.05, 0.1) is 18.8 Å². The molecule has 0 aromatic rings. The second-order valence-electron chi connectivity index (χ2n) is 4.35. The van der Waals surface area contributed by atoms with E-state index in [4.69, 9.17) is 15.2 Å². The van der Waals surface area contributed by atoms with Crippen LogP contribution in [0.4, 0.5) is 0 Å². The lowest BCUT2D eigenvalue weighted by atomic mass is 9.87. The molecule has 2 saturated heterocycles. The molecule has 80 valence electrons. The summed E-state index contributed by atoms with van der Waals surface area (Å²) in [4.78, 5) is 0. The third kappa shape index (κ3) is 1.85. The summed E-state index contributed by atoms with van der Waals surface area (Å²) in [6.07, 6.45) is 3.11. The van der Waals surface area contributed by atoms with E-state index in [2.05, 4.69) is 6.92 Å². The van der Waals surface area contributed by atoms with Crippen LogP contribution in [0, 0.1) is 0 Å². The second-order valence-corrected chi connectivity index (χ2v) is 4.35. The van der Waals surface area contributed by atoms with E-state index < -0.39 is 0 Å². The van der Waals surface area contributed by atoms with Gasteiger partial charge in [0.15, 0.2) is 0 Å². The Morgan fingerprint density at radius 3 is 3.00 bits per heavy atom. The maximum Gasteiger partial charge on any atom is 0.0973 e. The molecule has 0 aromatic carbocycles. The Hall–Kier alpha value is -0.380. The van der Waals surface area contributed by atoms with Crippen molar-refractivity contribution < 1.29 is 9.47 Å². The van der Waals surface area contributed by atoms with Crippen LogP contribution >= 0.6 is 0 Å². The monoisotopic (exact) mass is 197 g/mol. The Balaban J connectivity index is 2.10. The molecule has 2 rings (SSSR count). The summed E-state index contributed by atoms with van der Waals surface area (Å²) in [6, 6.07) is 0. The van der Waals surface area contributed by atoms with E-state index in [0.29, 0.717) is 6.54 Å². The molecule has 14 heavy (non-hydrogen) atoms. The van der Waals surface area contributed by atoms with Gasteiger partial charge in [-0.15, -0.1) is 0 Å². The number of hydrogen-bond donors (Lipinski definition) is 1. The minimum absolute atomic E-state index is 0.00991. The molecule has 2 fully saturated rings. The smallest absolute Gasteiger partial charge is 0.0973 e. The average Bonchev–Trinajstić information content (AvgIpc) is 2.65. The third-order valence-corrected chi connectivity index (χ3v) is 3.32. The predicted molar refractivity (Wildman–Crippen MR) is 55.1 cm³/mol. The van der Waals surface area contributed by atoms with E-state index in [9.17, 15) is 0 Å². The summed E-state index contributed by atoms with van der Waals surface area (Å²) < 4.78 is 11.3. The van der Waals surface area contributed by atoms with Crippen LogP contribution in [0.2, 0.25) is 0 Å². The zero-order valence-corrected chi connectivity index (χ0v) is 8.84. The molecule has 3 nitrogen and oxygen atoms in total. The van der Waals surface area contributed by atoms with E-state index >= 15 is 0 Å². The van der Waals surface area contributed by atoms with Crippen molar-refractivity contribution in [3.8, 4) is 0 Å². The fourth-order valence-electron chi connectivity index (χ4n) is 2.27. The predicted octanol–water partition coefficient (Wildman–Crippen LogP) is 1.23. The molecule has 3 heteroatoms. The molecule has 0 amide bonds. The summed E-state index contributed by atoms with van der Waals surface area (Å²) in [5.74, 6) is 0. The van der Waals surface area contributed by atoms with Crippen molar-refractivity contribution in [1.29, 1.82) is 0 Å². The highest BCUT2D eigenvalue weighted by Crippen LogP contribution is 2.36. The van der Waals surface area contributed by atoms with Crippen LogP contribution in [-0.4, -0.2) is 32.0 Å². The van der Waals surface area contributed by atoms with Crippen molar-refractivity contribution in [2.45, 2.75) is 31.8 Å². The molecule has 2 heterocycles. The lowest BCUT2D eigenvalue weighted by Gasteiger charge is -2.34. The van der Waals surface area contributed by atoms with E-state index in [1.165, 1.54) is 11.1 Å². The van der Waals surface area contributed by atoms with Gasteiger partial charge in [-0.05, 0) is 13.3 Å². The van der Waals surface area contributed by atoms with E-state index in [-0.39, 0.29) is 5.60 Å². The highest BCUT2D eigenvalue weighted by atomic mass is 16.6. The first-order valence-corrected chi connectivity index (χ1v) is 5.35. The van der Waals surface area contributed by atoms with Gasteiger partial charge in [0.1, 0.15) is 0 Å². The Labute approximate surface area is 85.3 Å². The van der Waals surface area contributed by atoms with Gasteiger partial charge in [-0.3, -0.25) is 0 Å². The molecule has 0 radical (unpaired) electrons. The van der Waals surface area contributed by atoms with Gasteiger partial charge in [0.25, 0.3) is 0 Å². The Bertz CT molecular complexity index is 242.